The first-order valence-corrected chi connectivity index (χ1v) is 5.29. The summed E-state index contributed by atoms with van der Waals surface area (Å²) >= 11 is 0. The fourth-order valence-electron chi connectivity index (χ4n) is 1.42. The summed E-state index contributed by atoms with van der Waals surface area (Å²) in [5, 5.41) is 31.2. The molecule has 0 saturated heterocycles. The van der Waals surface area contributed by atoms with Crippen molar-refractivity contribution in [2.75, 3.05) is 13.1 Å². The van der Waals surface area contributed by atoms with Gasteiger partial charge in [0.2, 0.25) is 0 Å². The molecule has 0 spiro atoms. The molecule has 0 saturated carbocycles. The third-order valence-corrected chi connectivity index (χ3v) is 2.35. The summed E-state index contributed by atoms with van der Waals surface area (Å²) in [6.07, 6.45) is 0.127. The van der Waals surface area contributed by atoms with E-state index in [1.165, 1.54) is 6.07 Å². The van der Waals surface area contributed by atoms with E-state index in [-0.39, 0.29) is 12.4 Å². The van der Waals surface area contributed by atoms with Crippen LogP contribution in [0.3, 0.4) is 0 Å². The third-order valence-electron chi connectivity index (χ3n) is 2.35. The number of aromatic hydroxyl groups is 1. The predicted octanol–water partition coefficient (Wildman–Crippen LogP) is 0.732. The zero-order chi connectivity index (χ0) is 12.0. The highest BCUT2D eigenvalue weighted by Gasteiger charge is 2.09. The first-order valence-electron chi connectivity index (χ1n) is 5.29. The normalized spacial score (nSPS) is 12.7. The molecule has 0 aliphatic heterocycles. The Hall–Kier alpha value is -1.10. The van der Waals surface area contributed by atoms with Crippen molar-refractivity contribution < 1.29 is 15.3 Å². The first kappa shape index (κ1) is 13.0. The van der Waals surface area contributed by atoms with Crippen LogP contribution in [0.25, 0.3) is 0 Å². The highest BCUT2D eigenvalue weighted by atomic mass is 16.3. The zero-order valence-electron chi connectivity index (χ0n) is 9.19. The summed E-state index contributed by atoms with van der Waals surface area (Å²) in [4.78, 5) is 0. The van der Waals surface area contributed by atoms with Crippen LogP contribution in [0.2, 0.25) is 0 Å². The third kappa shape index (κ3) is 3.48. The molecule has 16 heavy (non-hydrogen) atoms. The Kier molecular flexibility index (Phi) is 5.25. The zero-order valence-corrected chi connectivity index (χ0v) is 9.19. The van der Waals surface area contributed by atoms with Crippen LogP contribution in [-0.4, -0.2) is 28.4 Å². The van der Waals surface area contributed by atoms with Crippen molar-refractivity contribution in [1.29, 1.82) is 0 Å². The molecule has 0 aliphatic rings. The molecule has 4 N–H and O–H groups in total. The van der Waals surface area contributed by atoms with Gasteiger partial charge in [0, 0.05) is 12.1 Å². The van der Waals surface area contributed by atoms with E-state index in [0.717, 1.165) is 13.0 Å². The van der Waals surface area contributed by atoms with E-state index in [9.17, 15) is 10.2 Å². The minimum Gasteiger partial charge on any atom is -0.508 e. The van der Waals surface area contributed by atoms with E-state index in [1.807, 2.05) is 0 Å². The number of nitrogens with one attached hydrogen (secondary N) is 1. The molecule has 0 amide bonds. The molecular weight excluding hydrogens is 206 g/mol. The van der Waals surface area contributed by atoms with Gasteiger partial charge in [0.25, 0.3) is 0 Å². The Balaban J connectivity index is 2.64. The molecule has 0 fully saturated rings. The number of hydrogen-bond donors (Lipinski definition) is 4. The molecule has 0 aromatic heterocycles. The van der Waals surface area contributed by atoms with Crippen molar-refractivity contribution in [3.05, 3.63) is 36.2 Å². The largest absolute Gasteiger partial charge is 0.508 e. The Morgan fingerprint density at radius 1 is 1.38 bits per heavy atom. The van der Waals surface area contributed by atoms with Crippen LogP contribution in [0.4, 0.5) is 0 Å². The van der Waals surface area contributed by atoms with E-state index >= 15 is 0 Å². The topological polar surface area (TPSA) is 72.7 Å². The van der Waals surface area contributed by atoms with Crippen LogP contribution in [0.15, 0.2) is 18.2 Å². The Bertz CT molecular complexity index is 328. The van der Waals surface area contributed by atoms with Crippen LogP contribution in [0, 0.1) is 6.92 Å². The summed E-state index contributed by atoms with van der Waals surface area (Å²) in [6, 6.07) is 4.72. The van der Waals surface area contributed by atoms with Crippen molar-refractivity contribution in [2.24, 2.45) is 0 Å². The van der Waals surface area contributed by atoms with Gasteiger partial charge in [-0.2, -0.15) is 0 Å². The van der Waals surface area contributed by atoms with Crippen LogP contribution in [-0.2, 0) is 6.61 Å². The van der Waals surface area contributed by atoms with Crippen molar-refractivity contribution in [3.8, 4) is 5.75 Å². The Morgan fingerprint density at radius 3 is 2.75 bits per heavy atom. The lowest BCUT2D eigenvalue weighted by molar-refractivity contribution is 0.174. The highest BCUT2D eigenvalue weighted by molar-refractivity contribution is 5.36. The monoisotopic (exact) mass is 224 g/mol. The van der Waals surface area contributed by atoms with Crippen molar-refractivity contribution in [3.63, 3.8) is 0 Å². The van der Waals surface area contributed by atoms with E-state index < -0.39 is 6.10 Å². The van der Waals surface area contributed by atoms with Gasteiger partial charge in [-0.25, -0.2) is 0 Å². The van der Waals surface area contributed by atoms with Crippen LogP contribution < -0.4 is 5.32 Å². The molecule has 4 nitrogen and oxygen atoms in total. The molecule has 1 aromatic rings. The maximum absolute atomic E-state index is 9.81. The molecule has 0 aliphatic carbocycles. The molecule has 4 heteroatoms. The maximum Gasteiger partial charge on any atom is 0.121 e. The van der Waals surface area contributed by atoms with Gasteiger partial charge in [-0.15, -0.1) is 0 Å². The average molecular weight is 224 g/mol. The van der Waals surface area contributed by atoms with Gasteiger partial charge < -0.3 is 20.6 Å². The molecular formula is C12H18NO3. The van der Waals surface area contributed by atoms with E-state index in [4.69, 9.17) is 5.11 Å². The van der Waals surface area contributed by atoms with Crippen molar-refractivity contribution in [2.45, 2.75) is 19.1 Å². The van der Waals surface area contributed by atoms with Gasteiger partial charge in [-0.05, 0) is 30.7 Å². The number of aliphatic hydroxyl groups is 2. The van der Waals surface area contributed by atoms with Gasteiger partial charge in [0.15, 0.2) is 0 Å². The lowest BCUT2D eigenvalue weighted by Crippen LogP contribution is -2.22. The first-order chi connectivity index (χ1) is 7.69. The van der Waals surface area contributed by atoms with E-state index in [1.54, 1.807) is 12.1 Å². The number of phenols is 1. The van der Waals surface area contributed by atoms with Gasteiger partial charge >= 0.3 is 0 Å². The van der Waals surface area contributed by atoms with Crippen LogP contribution in [0.1, 0.15) is 23.7 Å². The minimum atomic E-state index is -0.641. The molecule has 0 bridgehead atoms. The maximum atomic E-state index is 9.81. The standard InChI is InChI=1S/C12H18NO3/c1-2-5-13-7-12(16)9-3-4-11(15)10(6-9)8-14/h3-4,6,12-16H,1-2,5,7-8H2/t12-/m0/s1. The van der Waals surface area contributed by atoms with Crippen molar-refractivity contribution >= 4 is 0 Å². The van der Waals surface area contributed by atoms with Crippen LogP contribution in [0.5, 0.6) is 5.75 Å². The summed E-state index contributed by atoms with van der Waals surface area (Å²) in [6.45, 7) is 4.63. The highest BCUT2D eigenvalue weighted by Crippen LogP contribution is 2.22. The Morgan fingerprint density at radius 2 is 2.12 bits per heavy atom. The smallest absolute Gasteiger partial charge is 0.121 e. The Labute approximate surface area is 95.6 Å². The summed E-state index contributed by atoms with van der Waals surface area (Å²) in [7, 11) is 0. The SMILES string of the molecule is [CH2]CCNC[C@H](O)c1ccc(O)c(CO)c1. The fraction of sp³-hybridized carbons (Fsp3) is 0.417. The lowest BCUT2D eigenvalue weighted by Gasteiger charge is -2.13. The second kappa shape index (κ2) is 6.48. The second-order valence-corrected chi connectivity index (χ2v) is 3.62. The molecule has 1 aromatic carbocycles. The number of rotatable bonds is 6. The molecule has 1 rings (SSSR count). The molecule has 1 atom stereocenters. The molecule has 89 valence electrons. The van der Waals surface area contributed by atoms with Gasteiger partial charge in [0.1, 0.15) is 5.75 Å². The van der Waals surface area contributed by atoms with Crippen LogP contribution >= 0.6 is 0 Å². The second-order valence-electron chi connectivity index (χ2n) is 3.62. The average Bonchev–Trinajstić information content (AvgIpc) is 2.30. The quantitative estimate of drug-likeness (QED) is 0.538. The fourth-order valence-corrected chi connectivity index (χ4v) is 1.42. The van der Waals surface area contributed by atoms with E-state index in [2.05, 4.69) is 12.2 Å². The lowest BCUT2D eigenvalue weighted by atomic mass is 10.1. The van der Waals surface area contributed by atoms with Crippen molar-refractivity contribution in [1.82, 2.24) is 5.32 Å². The summed E-state index contributed by atoms with van der Waals surface area (Å²) < 4.78 is 0. The summed E-state index contributed by atoms with van der Waals surface area (Å²) in [5.41, 5.74) is 1.10. The van der Waals surface area contributed by atoms with Gasteiger partial charge in [-0.1, -0.05) is 13.0 Å². The number of aliphatic hydroxyl groups excluding tert-OH is 2. The molecule has 1 radical (unpaired) electrons. The molecule has 0 heterocycles. The number of hydrogen-bond acceptors (Lipinski definition) is 4. The predicted molar refractivity (Wildman–Crippen MR) is 61.8 cm³/mol. The molecule has 0 unspecified atom stereocenters. The number of benzene rings is 1. The van der Waals surface area contributed by atoms with Gasteiger partial charge in [-0.3, -0.25) is 0 Å². The van der Waals surface area contributed by atoms with Gasteiger partial charge in [0.05, 0.1) is 12.7 Å². The minimum absolute atomic E-state index is 0.0455. The summed E-state index contributed by atoms with van der Waals surface area (Å²) in [5.74, 6) is 0.0455. The van der Waals surface area contributed by atoms with E-state index in [0.29, 0.717) is 17.7 Å².